The standard InChI is InChI=1S/C17H22FN3/c1-13(14-5-4-6-15(18)11-14)19-12-16-9-10-21(20-16)17-7-2-3-8-17/h4-6,9-11,13,17,19H,2-3,7-8,12H2,1H3. The van der Waals surface area contributed by atoms with E-state index in [1.807, 2.05) is 13.0 Å². The molecule has 1 unspecified atom stereocenters. The molecule has 2 aromatic rings. The van der Waals surface area contributed by atoms with Gasteiger partial charge in [0, 0.05) is 18.8 Å². The van der Waals surface area contributed by atoms with Crippen LogP contribution < -0.4 is 5.32 Å². The second-order valence-electron chi connectivity index (χ2n) is 5.88. The van der Waals surface area contributed by atoms with Crippen molar-refractivity contribution in [3.05, 3.63) is 53.6 Å². The Morgan fingerprint density at radius 2 is 2.14 bits per heavy atom. The lowest BCUT2D eigenvalue weighted by atomic mass is 10.1. The van der Waals surface area contributed by atoms with Gasteiger partial charge in [-0.2, -0.15) is 5.10 Å². The fourth-order valence-corrected chi connectivity index (χ4v) is 3.00. The van der Waals surface area contributed by atoms with Crippen LogP contribution in [0.3, 0.4) is 0 Å². The Hall–Kier alpha value is -1.68. The number of rotatable bonds is 5. The smallest absolute Gasteiger partial charge is 0.123 e. The number of hydrogen-bond acceptors (Lipinski definition) is 2. The number of aromatic nitrogens is 2. The molecule has 0 bridgehead atoms. The van der Waals surface area contributed by atoms with Crippen molar-refractivity contribution in [2.45, 2.75) is 51.2 Å². The Morgan fingerprint density at radius 3 is 2.90 bits per heavy atom. The molecule has 0 radical (unpaired) electrons. The van der Waals surface area contributed by atoms with Crippen LogP contribution in [0.2, 0.25) is 0 Å². The van der Waals surface area contributed by atoms with Crippen LogP contribution in [0, 0.1) is 5.82 Å². The molecule has 21 heavy (non-hydrogen) atoms. The molecule has 4 heteroatoms. The molecule has 0 amide bonds. The van der Waals surface area contributed by atoms with Gasteiger partial charge in [0.2, 0.25) is 0 Å². The maximum atomic E-state index is 13.2. The average Bonchev–Trinajstić information content (AvgIpc) is 3.15. The van der Waals surface area contributed by atoms with Gasteiger partial charge >= 0.3 is 0 Å². The summed E-state index contributed by atoms with van der Waals surface area (Å²) >= 11 is 0. The second-order valence-corrected chi connectivity index (χ2v) is 5.88. The topological polar surface area (TPSA) is 29.9 Å². The van der Waals surface area contributed by atoms with E-state index < -0.39 is 0 Å². The van der Waals surface area contributed by atoms with Crippen molar-refractivity contribution >= 4 is 0 Å². The van der Waals surface area contributed by atoms with Gasteiger partial charge in [-0.3, -0.25) is 4.68 Å². The van der Waals surface area contributed by atoms with E-state index in [9.17, 15) is 4.39 Å². The molecule has 112 valence electrons. The summed E-state index contributed by atoms with van der Waals surface area (Å²) in [5, 5.41) is 8.06. The molecule has 3 rings (SSSR count). The molecular weight excluding hydrogens is 265 g/mol. The Labute approximate surface area is 125 Å². The van der Waals surface area contributed by atoms with Crippen molar-refractivity contribution in [2.24, 2.45) is 0 Å². The normalized spacial score (nSPS) is 17.2. The summed E-state index contributed by atoms with van der Waals surface area (Å²) in [6.45, 7) is 2.75. The summed E-state index contributed by atoms with van der Waals surface area (Å²) < 4.78 is 15.3. The molecule has 1 fully saturated rings. The van der Waals surface area contributed by atoms with Gasteiger partial charge < -0.3 is 5.32 Å². The van der Waals surface area contributed by atoms with E-state index in [0.29, 0.717) is 12.6 Å². The van der Waals surface area contributed by atoms with Gasteiger partial charge in [-0.15, -0.1) is 0 Å². The van der Waals surface area contributed by atoms with Crippen LogP contribution in [0.1, 0.15) is 55.9 Å². The monoisotopic (exact) mass is 287 g/mol. The fourth-order valence-electron chi connectivity index (χ4n) is 3.00. The molecule has 0 spiro atoms. The van der Waals surface area contributed by atoms with Crippen molar-refractivity contribution in [2.75, 3.05) is 0 Å². The molecule has 1 atom stereocenters. The molecule has 1 N–H and O–H groups in total. The van der Waals surface area contributed by atoms with Crippen LogP contribution in [-0.2, 0) is 6.54 Å². The van der Waals surface area contributed by atoms with E-state index in [2.05, 4.69) is 27.4 Å². The molecule has 1 heterocycles. The van der Waals surface area contributed by atoms with Gasteiger partial charge in [-0.25, -0.2) is 4.39 Å². The van der Waals surface area contributed by atoms with E-state index in [4.69, 9.17) is 0 Å². The molecule has 0 saturated heterocycles. The zero-order chi connectivity index (χ0) is 14.7. The quantitative estimate of drug-likeness (QED) is 0.901. The number of benzene rings is 1. The summed E-state index contributed by atoms with van der Waals surface area (Å²) in [7, 11) is 0. The first-order valence-electron chi connectivity index (χ1n) is 7.75. The van der Waals surface area contributed by atoms with Crippen LogP contribution >= 0.6 is 0 Å². The van der Waals surface area contributed by atoms with Crippen molar-refractivity contribution in [3.8, 4) is 0 Å². The average molecular weight is 287 g/mol. The van der Waals surface area contributed by atoms with Crippen molar-refractivity contribution in [1.82, 2.24) is 15.1 Å². The van der Waals surface area contributed by atoms with Crippen LogP contribution in [0.4, 0.5) is 4.39 Å². The lowest BCUT2D eigenvalue weighted by molar-refractivity contribution is 0.458. The third-order valence-corrected chi connectivity index (χ3v) is 4.30. The Balaban J connectivity index is 1.57. The van der Waals surface area contributed by atoms with Crippen molar-refractivity contribution < 1.29 is 4.39 Å². The highest BCUT2D eigenvalue weighted by molar-refractivity contribution is 5.19. The van der Waals surface area contributed by atoms with E-state index in [1.165, 1.54) is 31.7 Å². The van der Waals surface area contributed by atoms with E-state index >= 15 is 0 Å². The first-order valence-corrected chi connectivity index (χ1v) is 7.75. The third kappa shape index (κ3) is 3.50. The third-order valence-electron chi connectivity index (χ3n) is 4.30. The molecule has 1 aromatic carbocycles. The molecule has 1 aliphatic rings. The first-order chi connectivity index (χ1) is 10.2. The highest BCUT2D eigenvalue weighted by Crippen LogP contribution is 2.28. The predicted molar refractivity (Wildman–Crippen MR) is 81.4 cm³/mol. The maximum absolute atomic E-state index is 13.2. The molecular formula is C17H22FN3. The molecule has 1 saturated carbocycles. The van der Waals surface area contributed by atoms with Crippen LogP contribution in [0.25, 0.3) is 0 Å². The lowest BCUT2D eigenvalue weighted by Gasteiger charge is -2.13. The van der Waals surface area contributed by atoms with Crippen LogP contribution in [0.5, 0.6) is 0 Å². The van der Waals surface area contributed by atoms with E-state index in [0.717, 1.165) is 11.3 Å². The van der Waals surface area contributed by atoms with Gasteiger partial charge in [0.25, 0.3) is 0 Å². The van der Waals surface area contributed by atoms with Crippen molar-refractivity contribution in [1.29, 1.82) is 0 Å². The van der Waals surface area contributed by atoms with Crippen LogP contribution in [0.15, 0.2) is 36.5 Å². The highest BCUT2D eigenvalue weighted by Gasteiger charge is 2.17. The largest absolute Gasteiger partial charge is 0.304 e. The number of nitrogens with zero attached hydrogens (tertiary/aromatic N) is 2. The molecule has 3 nitrogen and oxygen atoms in total. The van der Waals surface area contributed by atoms with Gasteiger partial charge in [-0.05, 0) is 43.5 Å². The minimum atomic E-state index is -0.188. The number of nitrogens with one attached hydrogen (secondary N) is 1. The number of hydrogen-bond donors (Lipinski definition) is 1. The Bertz CT molecular complexity index is 587. The predicted octanol–water partition coefficient (Wildman–Crippen LogP) is 3.99. The van der Waals surface area contributed by atoms with E-state index in [1.54, 1.807) is 12.1 Å². The lowest BCUT2D eigenvalue weighted by Crippen LogP contribution is -2.19. The molecule has 1 aromatic heterocycles. The van der Waals surface area contributed by atoms with E-state index in [-0.39, 0.29) is 11.9 Å². The van der Waals surface area contributed by atoms with Gasteiger partial charge in [-0.1, -0.05) is 25.0 Å². The van der Waals surface area contributed by atoms with Gasteiger partial charge in [0.15, 0.2) is 0 Å². The Kier molecular flexibility index (Phi) is 4.34. The summed E-state index contributed by atoms with van der Waals surface area (Å²) in [6, 6.07) is 9.50. The van der Waals surface area contributed by atoms with Gasteiger partial charge in [0.05, 0.1) is 11.7 Å². The first kappa shape index (κ1) is 14.3. The highest BCUT2D eigenvalue weighted by atomic mass is 19.1. The minimum Gasteiger partial charge on any atom is -0.304 e. The molecule has 1 aliphatic carbocycles. The summed E-state index contributed by atoms with van der Waals surface area (Å²) in [4.78, 5) is 0. The molecule has 0 aliphatic heterocycles. The zero-order valence-electron chi connectivity index (χ0n) is 12.4. The fraction of sp³-hybridized carbons (Fsp3) is 0.471. The number of halogens is 1. The van der Waals surface area contributed by atoms with Gasteiger partial charge in [0.1, 0.15) is 5.82 Å². The summed E-state index contributed by atoms with van der Waals surface area (Å²) in [5.41, 5.74) is 2.01. The maximum Gasteiger partial charge on any atom is 0.123 e. The Morgan fingerprint density at radius 1 is 1.33 bits per heavy atom. The SMILES string of the molecule is CC(NCc1ccn(C2CCCC2)n1)c1cccc(F)c1. The zero-order valence-corrected chi connectivity index (χ0v) is 12.4. The summed E-state index contributed by atoms with van der Waals surface area (Å²) in [5.74, 6) is -0.188. The second kappa shape index (κ2) is 6.39. The van der Waals surface area contributed by atoms with Crippen LogP contribution in [-0.4, -0.2) is 9.78 Å². The minimum absolute atomic E-state index is 0.109. The summed E-state index contributed by atoms with van der Waals surface area (Å²) in [6.07, 6.45) is 7.20. The van der Waals surface area contributed by atoms with Crippen molar-refractivity contribution in [3.63, 3.8) is 0 Å².